The Morgan fingerprint density at radius 3 is 2.64 bits per heavy atom. The first kappa shape index (κ1) is 32.2. The highest BCUT2D eigenvalue weighted by Crippen LogP contribution is 2.53. The molecule has 5 aliphatic rings. The van der Waals surface area contributed by atoms with Gasteiger partial charge in [-0.1, -0.05) is 25.1 Å². The standard InChI is InChI=1S/C33H39F3N8O2S/c1-2-3-9-43(10-8-37)31-22-13-40-27(20-11-23(34)25(35)29-24(20)21(12-38)30(39)47-29)26(36)28(22)41-32(42-31)46-17-33(6-7-33)16-44-18-4-5-19(44)15-45-14-18/h11,13,18-19,24,29H,2-10,14-17,37,39H2,1H3. The van der Waals surface area contributed by atoms with Gasteiger partial charge in [-0.05, 0) is 43.8 Å². The van der Waals surface area contributed by atoms with Gasteiger partial charge >= 0.3 is 6.01 Å². The van der Waals surface area contributed by atoms with Gasteiger partial charge in [-0.3, -0.25) is 9.88 Å². The van der Waals surface area contributed by atoms with Gasteiger partial charge in [-0.25, -0.2) is 13.2 Å². The van der Waals surface area contributed by atoms with Crippen LogP contribution in [0.15, 0.2) is 34.5 Å². The molecule has 0 spiro atoms. The zero-order valence-corrected chi connectivity index (χ0v) is 27.2. The fourth-order valence-corrected chi connectivity index (χ4v) is 8.53. The van der Waals surface area contributed by atoms with E-state index in [-0.39, 0.29) is 38.8 Å². The summed E-state index contributed by atoms with van der Waals surface area (Å²) < 4.78 is 58.6. The Morgan fingerprint density at radius 2 is 1.96 bits per heavy atom. The molecule has 0 aromatic carbocycles. The molecule has 2 aromatic rings. The number of aromatic nitrogens is 3. The summed E-state index contributed by atoms with van der Waals surface area (Å²) in [5, 5.41) is 9.12. The van der Waals surface area contributed by atoms with E-state index in [0.717, 1.165) is 76.1 Å². The predicted molar refractivity (Wildman–Crippen MR) is 174 cm³/mol. The van der Waals surface area contributed by atoms with Crippen molar-refractivity contribution in [2.75, 3.05) is 50.9 Å². The molecule has 250 valence electrons. The summed E-state index contributed by atoms with van der Waals surface area (Å²) in [4.78, 5) is 18.3. The van der Waals surface area contributed by atoms with Crippen molar-refractivity contribution in [3.63, 3.8) is 0 Å². The Hall–Kier alpha value is -3.38. The number of unbranched alkanes of at least 4 members (excludes halogenated alkanes) is 1. The van der Waals surface area contributed by atoms with Gasteiger partial charge in [0.15, 0.2) is 11.6 Å². The first-order valence-corrected chi connectivity index (χ1v) is 17.3. The van der Waals surface area contributed by atoms with E-state index in [4.69, 9.17) is 25.9 Å². The van der Waals surface area contributed by atoms with E-state index in [1.807, 2.05) is 11.0 Å². The number of anilines is 1. The molecule has 0 radical (unpaired) electrons. The maximum atomic E-state index is 16.7. The number of thioether (sulfide) groups is 1. The van der Waals surface area contributed by atoms with Crippen LogP contribution >= 0.6 is 11.8 Å². The summed E-state index contributed by atoms with van der Waals surface area (Å²) in [7, 11) is 0. The summed E-state index contributed by atoms with van der Waals surface area (Å²) in [6, 6.07) is 2.91. The summed E-state index contributed by atoms with van der Waals surface area (Å²) >= 11 is 0.851. The smallest absolute Gasteiger partial charge is 0.319 e. The predicted octanol–water partition coefficient (Wildman–Crippen LogP) is 4.72. The second-order valence-electron chi connectivity index (χ2n) is 13.2. The summed E-state index contributed by atoms with van der Waals surface area (Å²) in [6.07, 6.45) is 8.46. The van der Waals surface area contributed by atoms with Gasteiger partial charge in [0.25, 0.3) is 0 Å². The Kier molecular flexibility index (Phi) is 8.84. The summed E-state index contributed by atoms with van der Waals surface area (Å²) in [5.41, 5.74) is 11.8. The zero-order chi connectivity index (χ0) is 32.9. The van der Waals surface area contributed by atoms with E-state index >= 15 is 4.39 Å². The van der Waals surface area contributed by atoms with Crippen LogP contribution in [0.2, 0.25) is 0 Å². The van der Waals surface area contributed by atoms with E-state index in [2.05, 4.69) is 21.8 Å². The van der Waals surface area contributed by atoms with Crippen molar-refractivity contribution in [3.8, 4) is 12.1 Å². The van der Waals surface area contributed by atoms with Crippen molar-refractivity contribution >= 4 is 34.1 Å². The third-order valence-electron chi connectivity index (χ3n) is 10.1. The maximum absolute atomic E-state index is 16.7. The highest BCUT2D eigenvalue weighted by Gasteiger charge is 2.50. The molecule has 4 N–H and O–H groups in total. The van der Waals surface area contributed by atoms with Gasteiger partial charge in [0, 0.05) is 55.8 Å². The molecule has 0 amide bonds. The molecule has 5 heterocycles. The third kappa shape index (κ3) is 5.85. The van der Waals surface area contributed by atoms with Crippen molar-refractivity contribution in [1.29, 1.82) is 5.26 Å². The van der Waals surface area contributed by atoms with Crippen LogP contribution in [0.1, 0.15) is 51.1 Å². The number of halogens is 3. The van der Waals surface area contributed by atoms with Crippen LogP contribution in [0.3, 0.4) is 0 Å². The van der Waals surface area contributed by atoms with E-state index in [9.17, 15) is 14.0 Å². The molecule has 2 aliphatic carbocycles. The fourth-order valence-electron chi connectivity index (χ4n) is 7.32. The number of fused-ring (bicyclic) bond motifs is 4. The van der Waals surface area contributed by atoms with E-state index in [1.54, 1.807) is 0 Å². The number of hydrogen-bond acceptors (Lipinski definition) is 11. The fraction of sp³-hybridized carbons (Fsp3) is 0.576. The maximum Gasteiger partial charge on any atom is 0.319 e. The number of pyridine rings is 1. The topological polar surface area (TPSA) is 139 Å². The molecule has 3 aliphatic heterocycles. The van der Waals surface area contributed by atoms with Crippen LogP contribution in [-0.4, -0.2) is 83.2 Å². The van der Waals surface area contributed by atoms with E-state index in [0.29, 0.717) is 49.5 Å². The van der Waals surface area contributed by atoms with Crippen molar-refractivity contribution in [3.05, 3.63) is 46.0 Å². The van der Waals surface area contributed by atoms with Gasteiger partial charge in [0.05, 0.1) is 47.1 Å². The molecule has 2 bridgehead atoms. The number of allylic oxidation sites excluding steroid dienone is 4. The van der Waals surface area contributed by atoms with Crippen LogP contribution in [0.25, 0.3) is 16.5 Å². The molecular formula is C33H39F3N8O2S. The average molecular weight is 669 g/mol. The monoisotopic (exact) mass is 668 g/mol. The lowest BCUT2D eigenvalue weighted by atomic mass is 9.82. The lowest BCUT2D eigenvalue weighted by Crippen LogP contribution is -2.49. The molecule has 10 nitrogen and oxygen atoms in total. The van der Waals surface area contributed by atoms with Crippen LogP contribution < -0.4 is 21.1 Å². The number of nitriles is 1. The van der Waals surface area contributed by atoms with E-state index < -0.39 is 28.6 Å². The summed E-state index contributed by atoms with van der Waals surface area (Å²) in [5.74, 6) is -3.57. The molecule has 1 saturated carbocycles. The highest BCUT2D eigenvalue weighted by molar-refractivity contribution is 8.04. The van der Waals surface area contributed by atoms with Crippen molar-refractivity contribution < 1.29 is 22.6 Å². The van der Waals surface area contributed by atoms with Crippen LogP contribution in [0.5, 0.6) is 6.01 Å². The molecule has 2 aromatic heterocycles. The number of rotatable bonds is 12. The Bertz CT molecular complexity index is 1690. The quantitative estimate of drug-likeness (QED) is 0.325. The van der Waals surface area contributed by atoms with Gasteiger partial charge < -0.3 is 25.8 Å². The minimum atomic E-state index is -1.15. The van der Waals surface area contributed by atoms with Gasteiger partial charge in [0.1, 0.15) is 22.9 Å². The third-order valence-corrected chi connectivity index (χ3v) is 11.3. The molecule has 2 saturated heterocycles. The Balaban J connectivity index is 1.26. The number of nitrogens with two attached hydrogens (primary N) is 2. The van der Waals surface area contributed by atoms with Gasteiger partial charge in [-0.2, -0.15) is 15.2 Å². The average Bonchev–Trinajstić information content (AvgIpc) is 3.71. The minimum absolute atomic E-state index is 0.0299. The molecule has 14 heteroatoms. The second-order valence-corrected chi connectivity index (χ2v) is 14.4. The van der Waals surface area contributed by atoms with Gasteiger partial charge in [0.2, 0.25) is 0 Å². The van der Waals surface area contributed by atoms with Crippen molar-refractivity contribution in [2.24, 2.45) is 22.8 Å². The Labute approximate surface area is 276 Å². The number of morpholine rings is 1. The van der Waals surface area contributed by atoms with E-state index in [1.165, 1.54) is 6.20 Å². The Morgan fingerprint density at radius 1 is 1.19 bits per heavy atom. The molecule has 47 heavy (non-hydrogen) atoms. The molecule has 4 atom stereocenters. The second kappa shape index (κ2) is 12.9. The van der Waals surface area contributed by atoms with Crippen LogP contribution in [0, 0.1) is 28.5 Å². The number of nitrogens with zero attached hydrogens (tertiary/aromatic N) is 6. The van der Waals surface area contributed by atoms with Crippen molar-refractivity contribution in [1.82, 2.24) is 19.9 Å². The van der Waals surface area contributed by atoms with Crippen LogP contribution in [-0.2, 0) is 4.74 Å². The lowest BCUT2D eigenvalue weighted by molar-refractivity contribution is -0.0271. The van der Waals surface area contributed by atoms with Gasteiger partial charge in [-0.15, -0.1) is 0 Å². The zero-order valence-electron chi connectivity index (χ0n) is 26.4. The molecule has 7 rings (SSSR count). The summed E-state index contributed by atoms with van der Waals surface area (Å²) in [6.45, 7) is 6.34. The SMILES string of the molecule is CCCCN(CCN)c1nc(OCC2(CN3C4CCC3COC4)CC2)nc2c(F)c(C3=CC(F)=C(F)C4SC(N)=C(C#N)C34)ncc12. The first-order chi connectivity index (χ1) is 22.8. The molecule has 4 unspecified atom stereocenters. The van der Waals surface area contributed by atoms with Crippen molar-refractivity contribution in [2.45, 2.75) is 62.8 Å². The molecular weight excluding hydrogens is 629 g/mol. The first-order valence-electron chi connectivity index (χ1n) is 16.4. The normalized spacial score (nSPS) is 26.4. The minimum Gasteiger partial charge on any atom is -0.463 e. The highest BCUT2D eigenvalue weighted by atomic mass is 32.2. The largest absolute Gasteiger partial charge is 0.463 e. The lowest BCUT2D eigenvalue weighted by Gasteiger charge is -2.37. The number of ether oxygens (including phenoxy) is 2. The number of hydrogen-bond donors (Lipinski definition) is 2. The molecule has 3 fully saturated rings. The van der Waals surface area contributed by atoms with Crippen LogP contribution in [0.4, 0.5) is 19.0 Å².